The first-order chi connectivity index (χ1) is 26.8. The lowest BCUT2D eigenvalue weighted by Gasteiger charge is -2.19. The van der Waals surface area contributed by atoms with Crippen molar-refractivity contribution in [1.29, 1.82) is 0 Å². The van der Waals surface area contributed by atoms with Gasteiger partial charge in [0.25, 0.3) is 0 Å². The lowest BCUT2D eigenvalue weighted by molar-refractivity contribution is 0.665. The summed E-state index contributed by atoms with van der Waals surface area (Å²) in [5, 5.41) is 14.1. The molecule has 0 unspecified atom stereocenters. The van der Waals surface area contributed by atoms with Crippen LogP contribution in [-0.2, 0) is 0 Å². The molecular formula is C52H30O2. The van der Waals surface area contributed by atoms with Crippen LogP contribution in [0.25, 0.3) is 120 Å². The molecule has 0 atom stereocenters. The van der Waals surface area contributed by atoms with E-state index in [2.05, 4.69) is 176 Å². The number of benzene rings is 10. The largest absolute Gasteiger partial charge is 0.456 e. The fourth-order valence-electron chi connectivity index (χ4n) is 9.16. The molecule has 0 amide bonds. The van der Waals surface area contributed by atoms with Crippen molar-refractivity contribution < 1.29 is 8.83 Å². The molecule has 0 bridgehead atoms. The lowest BCUT2D eigenvalue weighted by atomic mass is 9.84. The molecule has 2 heteroatoms. The minimum atomic E-state index is 0.857. The van der Waals surface area contributed by atoms with Crippen LogP contribution in [0.15, 0.2) is 191 Å². The Bertz CT molecular complexity index is 3440. The van der Waals surface area contributed by atoms with Crippen LogP contribution in [0.5, 0.6) is 0 Å². The summed E-state index contributed by atoms with van der Waals surface area (Å²) < 4.78 is 13.5. The van der Waals surface area contributed by atoms with Gasteiger partial charge in [-0.1, -0.05) is 158 Å². The van der Waals surface area contributed by atoms with Crippen molar-refractivity contribution in [2.24, 2.45) is 0 Å². The van der Waals surface area contributed by atoms with E-state index in [-0.39, 0.29) is 0 Å². The lowest BCUT2D eigenvalue weighted by Crippen LogP contribution is -1.92. The molecule has 2 heterocycles. The Balaban J connectivity index is 1.18. The van der Waals surface area contributed by atoms with E-state index in [0.717, 1.165) is 60.6 Å². The summed E-state index contributed by atoms with van der Waals surface area (Å²) in [5.41, 5.74) is 10.5. The molecule has 0 fully saturated rings. The van der Waals surface area contributed by atoms with Crippen LogP contribution >= 0.6 is 0 Å². The van der Waals surface area contributed by atoms with Gasteiger partial charge in [0, 0.05) is 27.1 Å². The van der Waals surface area contributed by atoms with Crippen molar-refractivity contribution in [3.8, 4) is 33.4 Å². The third-order valence-corrected chi connectivity index (χ3v) is 11.4. The predicted octanol–water partition coefficient (Wildman–Crippen LogP) is 15.1. The standard InChI is InChI=1S/C52H30O2/c1-3-18-35-31(13-1)15-12-25-37(35)49-40-22-7-5-20-38(40)47(39-21-6-8-23-41(39)49)33-16-11-17-34(29-33)48-51-42-24-9-10-26-44(42)53-46(51)30-43-50-36-19-4-2-14-32(36)27-28-45(50)54-52(43)48/h1-30H. The topological polar surface area (TPSA) is 26.3 Å². The second-order valence-corrected chi connectivity index (χ2v) is 14.3. The first kappa shape index (κ1) is 29.4. The zero-order valence-electron chi connectivity index (χ0n) is 29.1. The van der Waals surface area contributed by atoms with Crippen LogP contribution in [0.2, 0.25) is 0 Å². The quantitative estimate of drug-likeness (QED) is 0.173. The first-order valence-electron chi connectivity index (χ1n) is 18.5. The highest BCUT2D eigenvalue weighted by atomic mass is 16.3. The normalized spacial score (nSPS) is 12.1. The average Bonchev–Trinajstić information content (AvgIpc) is 3.80. The van der Waals surface area contributed by atoms with Gasteiger partial charge in [-0.2, -0.15) is 0 Å². The minimum Gasteiger partial charge on any atom is -0.456 e. The maximum Gasteiger partial charge on any atom is 0.144 e. The molecule has 0 spiro atoms. The van der Waals surface area contributed by atoms with Crippen molar-refractivity contribution in [2.75, 3.05) is 0 Å². The Hall–Kier alpha value is -7.16. The van der Waals surface area contributed by atoms with E-state index in [0.29, 0.717) is 0 Å². The summed E-state index contributed by atoms with van der Waals surface area (Å²) in [4.78, 5) is 0. The van der Waals surface area contributed by atoms with E-state index in [1.807, 2.05) is 6.07 Å². The average molecular weight is 687 g/mol. The van der Waals surface area contributed by atoms with Crippen LogP contribution in [0.4, 0.5) is 0 Å². The summed E-state index contributed by atoms with van der Waals surface area (Å²) in [5.74, 6) is 0. The second kappa shape index (κ2) is 11.2. The third-order valence-electron chi connectivity index (χ3n) is 11.4. The zero-order chi connectivity index (χ0) is 35.3. The van der Waals surface area contributed by atoms with Gasteiger partial charge in [0.2, 0.25) is 0 Å². The molecule has 0 radical (unpaired) electrons. The summed E-state index contributed by atoms with van der Waals surface area (Å²) in [7, 11) is 0. The van der Waals surface area contributed by atoms with Gasteiger partial charge in [0.15, 0.2) is 0 Å². The third kappa shape index (κ3) is 4.11. The maximum atomic E-state index is 6.92. The van der Waals surface area contributed by atoms with Crippen LogP contribution in [0.3, 0.4) is 0 Å². The van der Waals surface area contributed by atoms with Crippen molar-refractivity contribution in [3.63, 3.8) is 0 Å². The Morgan fingerprint density at radius 2 is 0.833 bits per heavy atom. The Morgan fingerprint density at radius 1 is 0.278 bits per heavy atom. The van der Waals surface area contributed by atoms with Crippen LogP contribution < -0.4 is 0 Å². The molecule has 2 nitrogen and oxygen atoms in total. The van der Waals surface area contributed by atoms with Crippen molar-refractivity contribution in [2.45, 2.75) is 0 Å². The number of fused-ring (bicyclic) bond motifs is 11. The molecule has 0 N–H and O–H groups in total. The number of hydrogen-bond donors (Lipinski definition) is 0. The van der Waals surface area contributed by atoms with E-state index >= 15 is 0 Å². The van der Waals surface area contributed by atoms with E-state index in [1.54, 1.807) is 0 Å². The van der Waals surface area contributed by atoms with Gasteiger partial charge in [-0.05, 0) is 95.2 Å². The Kier molecular flexibility index (Phi) is 6.09. The molecule has 0 aliphatic rings. The first-order valence-corrected chi connectivity index (χ1v) is 18.5. The molecule has 54 heavy (non-hydrogen) atoms. The summed E-state index contributed by atoms with van der Waals surface area (Å²) in [6.45, 7) is 0. The Labute approximate surface area is 310 Å². The van der Waals surface area contributed by atoms with Gasteiger partial charge in [0.05, 0.1) is 0 Å². The summed E-state index contributed by atoms with van der Waals surface area (Å²) in [6.07, 6.45) is 0. The Morgan fingerprint density at radius 3 is 1.57 bits per heavy atom. The molecule has 0 aliphatic carbocycles. The molecular weight excluding hydrogens is 657 g/mol. The molecule has 0 saturated heterocycles. The van der Waals surface area contributed by atoms with E-state index in [1.165, 1.54) is 59.8 Å². The van der Waals surface area contributed by atoms with Crippen molar-refractivity contribution >= 4 is 87.0 Å². The van der Waals surface area contributed by atoms with Crippen LogP contribution in [0, 0.1) is 0 Å². The number of hydrogen-bond acceptors (Lipinski definition) is 2. The van der Waals surface area contributed by atoms with Gasteiger partial charge in [0.1, 0.15) is 22.3 Å². The van der Waals surface area contributed by atoms with E-state index in [4.69, 9.17) is 8.83 Å². The molecule has 2 aromatic heterocycles. The zero-order valence-corrected chi connectivity index (χ0v) is 29.1. The van der Waals surface area contributed by atoms with E-state index in [9.17, 15) is 0 Å². The SMILES string of the molecule is c1cc(-c2c3ccccc3c(-c3cccc4ccccc34)c3ccccc23)cc(-c2c3oc4ccc5ccccc5c4c3cc3oc4ccccc4c23)c1. The summed E-state index contributed by atoms with van der Waals surface area (Å²) in [6, 6.07) is 65.5. The molecule has 12 aromatic rings. The van der Waals surface area contributed by atoms with Crippen molar-refractivity contribution in [1.82, 2.24) is 0 Å². The van der Waals surface area contributed by atoms with Gasteiger partial charge in [-0.3, -0.25) is 0 Å². The van der Waals surface area contributed by atoms with E-state index < -0.39 is 0 Å². The second-order valence-electron chi connectivity index (χ2n) is 14.3. The highest BCUT2D eigenvalue weighted by Crippen LogP contribution is 2.49. The predicted molar refractivity (Wildman–Crippen MR) is 227 cm³/mol. The molecule has 12 rings (SSSR count). The number of furan rings is 2. The minimum absolute atomic E-state index is 0.857. The smallest absolute Gasteiger partial charge is 0.144 e. The molecule has 10 aromatic carbocycles. The highest BCUT2D eigenvalue weighted by Gasteiger charge is 2.23. The monoisotopic (exact) mass is 686 g/mol. The van der Waals surface area contributed by atoms with Crippen LogP contribution in [0.1, 0.15) is 0 Å². The fourth-order valence-corrected chi connectivity index (χ4v) is 9.16. The van der Waals surface area contributed by atoms with Gasteiger partial charge < -0.3 is 8.83 Å². The van der Waals surface area contributed by atoms with Gasteiger partial charge in [-0.25, -0.2) is 0 Å². The van der Waals surface area contributed by atoms with Gasteiger partial charge in [-0.15, -0.1) is 0 Å². The summed E-state index contributed by atoms with van der Waals surface area (Å²) >= 11 is 0. The molecule has 0 saturated carbocycles. The fraction of sp³-hybridized carbons (Fsp3) is 0. The molecule has 0 aliphatic heterocycles. The van der Waals surface area contributed by atoms with Crippen LogP contribution in [-0.4, -0.2) is 0 Å². The number of para-hydroxylation sites is 1. The maximum absolute atomic E-state index is 6.92. The molecule has 250 valence electrons. The number of rotatable bonds is 3. The van der Waals surface area contributed by atoms with Crippen molar-refractivity contribution in [3.05, 3.63) is 182 Å². The van der Waals surface area contributed by atoms with Gasteiger partial charge >= 0.3 is 0 Å². The highest BCUT2D eigenvalue weighted by molar-refractivity contribution is 6.28.